The van der Waals surface area contributed by atoms with Crippen LogP contribution in [-0.4, -0.2) is 35.0 Å². The highest BCUT2D eigenvalue weighted by Crippen LogP contribution is 2.26. The number of benzene rings is 1. The molecule has 0 fully saturated rings. The molecule has 0 bridgehead atoms. The molecule has 0 heterocycles. The quantitative estimate of drug-likeness (QED) is 0.744. The van der Waals surface area contributed by atoms with Crippen molar-refractivity contribution in [3.05, 3.63) is 35.9 Å². The summed E-state index contributed by atoms with van der Waals surface area (Å²) in [5, 5.41) is 0. The zero-order valence-corrected chi connectivity index (χ0v) is 13.6. The van der Waals surface area contributed by atoms with Gasteiger partial charge in [-0.25, -0.2) is 0 Å². The Morgan fingerprint density at radius 2 is 2.00 bits per heavy atom. The highest BCUT2D eigenvalue weighted by Gasteiger charge is 2.21. The van der Waals surface area contributed by atoms with Crippen LogP contribution >= 0.6 is 24.0 Å². The van der Waals surface area contributed by atoms with Gasteiger partial charge in [-0.1, -0.05) is 42.5 Å². The molecule has 2 atom stereocenters. The van der Waals surface area contributed by atoms with E-state index in [0.717, 1.165) is 6.42 Å². The molecule has 1 aromatic rings. The van der Waals surface area contributed by atoms with Gasteiger partial charge in [0.25, 0.3) is 0 Å². The highest BCUT2D eigenvalue weighted by molar-refractivity contribution is 7.98. The Labute approximate surface area is 126 Å². The molecule has 1 rings (SSSR count). The largest absolute Gasteiger partial charge is 0.393 e. The van der Waals surface area contributed by atoms with Crippen molar-refractivity contribution in [1.82, 2.24) is 4.90 Å². The fourth-order valence-electron chi connectivity index (χ4n) is 2.16. The fraction of sp³-hybridized carbons (Fsp3) is 0.533. The fourth-order valence-corrected chi connectivity index (χ4v) is 2.90. The van der Waals surface area contributed by atoms with Crippen LogP contribution in [0.15, 0.2) is 30.3 Å². The van der Waals surface area contributed by atoms with E-state index in [1.54, 1.807) is 0 Å². The molecular formula is C15H24N2S2. The number of rotatable bonds is 8. The van der Waals surface area contributed by atoms with Crippen LogP contribution in [0.4, 0.5) is 0 Å². The number of hydrogen-bond donors (Lipinski definition) is 1. The van der Waals surface area contributed by atoms with Gasteiger partial charge in [-0.3, -0.25) is 4.90 Å². The predicted molar refractivity (Wildman–Crippen MR) is 90.8 cm³/mol. The topological polar surface area (TPSA) is 29.3 Å². The molecule has 2 nitrogen and oxygen atoms in total. The molecule has 0 aliphatic rings. The molecule has 4 heteroatoms. The first-order valence-electron chi connectivity index (χ1n) is 6.60. The van der Waals surface area contributed by atoms with E-state index in [0.29, 0.717) is 11.0 Å². The molecule has 2 unspecified atom stereocenters. The minimum atomic E-state index is 0.274. The summed E-state index contributed by atoms with van der Waals surface area (Å²) in [5.74, 6) is 1.18. The molecule has 2 N–H and O–H groups in total. The first kappa shape index (κ1) is 16.5. The Morgan fingerprint density at radius 3 is 2.53 bits per heavy atom. The van der Waals surface area contributed by atoms with Crippen molar-refractivity contribution in [3.8, 4) is 0 Å². The normalized spacial score (nSPS) is 14.3. The molecule has 0 aliphatic heterocycles. The summed E-state index contributed by atoms with van der Waals surface area (Å²) in [7, 11) is 2.17. The van der Waals surface area contributed by atoms with Crippen LogP contribution in [0.3, 0.4) is 0 Å². The highest BCUT2D eigenvalue weighted by atomic mass is 32.2. The van der Waals surface area contributed by atoms with Crippen molar-refractivity contribution in [2.24, 2.45) is 5.73 Å². The molecule has 106 valence electrons. The van der Waals surface area contributed by atoms with Crippen LogP contribution in [0, 0.1) is 0 Å². The third-order valence-corrected chi connectivity index (χ3v) is 4.32. The van der Waals surface area contributed by atoms with E-state index in [1.165, 1.54) is 17.7 Å². The SMILES string of the molecule is CSCCC(C)N(C)C(CC(N)=S)c1ccccc1. The van der Waals surface area contributed by atoms with Crippen molar-refractivity contribution in [2.75, 3.05) is 19.1 Å². The Morgan fingerprint density at radius 1 is 1.37 bits per heavy atom. The summed E-state index contributed by atoms with van der Waals surface area (Å²) in [6, 6.07) is 11.3. The molecule has 0 saturated carbocycles. The van der Waals surface area contributed by atoms with Crippen LogP contribution < -0.4 is 5.73 Å². The smallest absolute Gasteiger partial charge is 0.0746 e. The van der Waals surface area contributed by atoms with Gasteiger partial charge in [0.2, 0.25) is 0 Å². The Hall–Kier alpha value is -0.580. The Kier molecular flexibility index (Phi) is 7.42. The number of thiocarbonyl (C=S) groups is 1. The lowest BCUT2D eigenvalue weighted by Gasteiger charge is -2.33. The van der Waals surface area contributed by atoms with E-state index in [-0.39, 0.29) is 6.04 Å². The molecule has 0 spiro atoms. The summed E-state index contributed by atoms with van der Waals surface area (Å²) in [5.41, 5.74) is 7.06. The summed E-state index contributed by atoms with van der Waals surface area (Å²) in [4.78, 5) is 2.97. The average molecular weight is 297 g/mol. The Balaban J connectivity index is 2.81. The number of hydrogen-bond acceptors (Lipinski definition) is 3. The Bertz CT molecular complexity index is 381. The van der Waals surface area contributed by atoms with Gasteiger partial charge >= 0.3 is 0 Å². The van der Waals surface area contributed by atoms with Gasteiger partial charge in [-0.2, -0.15) is 11.8 Å². The second-order valence-electron chi connectivity index (χ2n) is 4.89. The number of thioether (sulfide) groups is 1. The average Bonchev–Trinajstić information content (AvgIpc) is 2.42. The molecule has 0 aliphatic carbocycles. The van der Waals surface area contributed by atoms with Crippen molar-refractivity contribution < 1.29 is 0 Å². The lowest BCUT2D eigenvalue weighted by molar-refractivity contribution is 0.185. The van der Waals surface area contributed by atoms with Crippen molar-refractivity contribution in [2.45, 2.75) is 31.8 Å². The molecular weight excluding hydrogens is 272 g/mol. The lowest BCUT2D eigenvalue weighted by Crippen LogP contribution is -2.35. The second-order valence-corrected chi connectivity index (χ2v) is 6.40. The van der Waals surface area contributed by atoms with Crippen molar-refractivity contribution in [1.29, 1.82) is 0 Å². The number of nitrogens with zero attached hydrogens (tertiary/aromatic N) is 1. The summed E-state index contributed by atoms with van der Waals surface area (Å²) < 4.78 is 0. The van der Waals surface area contributed by atoms with Gasteiger partial charge in [-0.05, 0) is 38.0 Å². The molecule has 0 radical (unpaired) electrons. The van der Waals surface area contributed by atoms with Gasteiger partial charge in [0.1, 0.15) is 0 Å². The van der Waals surface area contributed by atoms with Crippen LogP contribution in [0.25, 0.3) is 0 Å². The zero-order valence-electron chi connectivity index (χ0n) is 12.0. The number of nitrogens with two attached hydrogens (primary N) is 1. The maximum Gasteiger partial charge on any atom is 0.0746 e. The summed E-state index contributed by atoms with van der Waals surface area (Å²) >= 11 is 7.00. The molecule has 0 saturated heterocycles. The van der Waals surface area contributed by atoms with E-state index in [9.17, 15) is 0 Å². The maximum atomic E-state index is 5.77. The van der Waals surface area contributed by atoms with Gasteiger partial charge in [0.15, 0.2) is 0 Å². The zero-order chi connectivity index (χ0) is 14.3. The van der Waals surface area contributed by atoms with Gasteiger partial charge in [0.05, 0.1) is 4.99 Å². The monoisotopic (exact) mass is 296 g/mol. The van der Waals surface area contributed by atoms with E-state index < -0.39 is 0 Å². The predicted octanol–water partition coefficient (Wildman–Crippen LogP) is 3.48. The third kappa shape index (κ3) is 5.51. The van der Waals surface area contributed by atoms with Crippen molar-refractivity contribution in [3.63, 3.8) is 0 Å². The minimum absolute atomic E-state index is 0.274. The molecule has 1 aromatic carbocycles. The maximum absolute atomic E-state index is 5.77. The first-order chi connectivity index (χ1) is 9.06. The van der Waals surface area contributed by atoms with Crippen LogP contribution in [-0.2, 0) is 0 Å². The van der Waals surface area contributed by atoms with Crippen molar-refractivity contribution >= 4 is 29.0 Å². The van der Waals surface area contributed by atoms with Gasteiger partial charge in [0, 0.05) is 18.5 Å². The molecule has 0 amide bonds. The minimum Gasteiger partial charge on any atom is -0.393 e. The summed E-state index contributed by atoms with van der Waals surface area (Å²) in [6.45, 7) is 2.27. The van der Waals surface area contributed by atoms with E-state index in [4.69, 9.17) is 18.0 Å². The van der Waals surface area contributed by atoms with Crippen LogP contribution in [0.2, 0.25) is 0 Å². The second kappa shape index (κ2) is 8.56. The third-order valence-electron chi connectivity index (χ3n) is 3.51. The van der Waals surface area contributed by atoms with E-state index in [1.807, 2.05) is 17.8 Å². The standard InChI is InChI=1S/C15H24N2S2/c1-12(9-10-19-3)17(2)14(11-15(16)18)13-7-5-4-6-8-13/h4-8,12,14H,9-11H2,1-3H3,(H2,16,18). The summed E-state index contributed by atoms with van der Waals surface area (Å²) in [6.07, 6.45) is 4.06. The lowest BCUT2D eigenvalue weighted by atomic mass is 10.0. The van der Waals surface area contributed by atoms with Crippen LogP contribution in [0.5, 0.6) is 0 Å². The van der Waals surface area contributed by atoms with Gasteiger partial charge in [-0.15, -0.1) is 0 Å². The molecule has 19 heavy (non-hydrogen) atoms. The van der Waals surface area contributed by atoms with E-state index in [2.05, 4.69) is 49.4 Å². The van der Waals surface area contributed by atoms with E-state index >= 15 is 0 Å². The van der Waals surface area contributed by atoms with Gasteiger partial charge < -0.3 is 5.73 Å². The molecule has 0 aromatic heterocycles. The first-order valence-corrected chi connectivity index (χ1v) is 8.40. The van der Waals surface area contributed by atoms with Crippen LogP contribution in [0.1, 0.15) is 31.4 Å².